The van der Waals surface area contributed by atoms with Crippen molar-refractivity contribution in [2.75, 3.05) is 13.7 Å². The van der Waals surface area contributed by atoms with Gasteiger partial charge < -0.3 is 14.2 Å². The van der Waals surface area contributed by atoms with Crippen molar-refractivity contribution in [3.63, 3.8) is 0 Å². The van der Waals surface area contributed by atoms with Crippen molar-refractivity contribution < 1.29 is 23.9 Å². The Kier molecular flexibility index (Phi) is 6.37. The molecule has 0 N–H and O–H groups in total. The Morgan fingerprint density at radius 3 is 2.59 bits per heavy atom. The first-order valence-electron chi connectivity index (χ1n) is 6.77. The zero-order chi connectivity index (χ0) is 16.7. The Balaban J connectivity index is 3.21. The normalized spacial score (nSPS) is 11.2. The highest BCUT2D eigenvalue weighted by Crippen LogP contribution is 2.28. The van der Waals surface area contributed by atoms with Crippen LogP contribution in [-0.2, 0) is 14.3 Å². The molecule has 0 atom stereocenters. The third kappa shape index (κ3) is 4.76. The molecule has 0 heterocycles. The molecule has 7 heteroatoms. The molecule has 0 aliphatic rings. The summed E-state index contributed by atoms with van der Waals surface area (Å²) in [6, 6.07) is 4.36. The van der Waals surface area contributed by atoms with E-state index in [0.717, 1.165) is 0 Å². The smallest absolute Gasteiger partial charge is 0.373 e. The van der Waals surface area contributed by atoms with Gasteiger partial charge in [0.25, 0.3) is 0 Å². The highest BCUT2D eigenvalue weighted by atomic mass is 16.6. The zero-order valence-corrected chi connectivity index (χ0v) is 13.0. The standard InChI is InChI=1S/C15H19NO6/c1-5-21-15(17)14(22-10(2)3)9-11-6-7-13(20-4)12(8-11)16(18)19/h6-10H,5H2,1-4H3. The van der Waals surface area contributed by atoms with Crippen molar-refractivity contribution in [3.05, 3.63) is 39.6 Å². The van der Waals surface area contributed by atoms with Gasteiger partial charge in [-0.1, -0.05) is 6.07 Å². The second-order valence-corrected chi connectivity index (χ2v) is 4.58. The van der Waals surface area contributed by atoms with E-state index < -0.39 is 10.9 Å². The number of benzene rings is 1. The number of carbonyl (C=O) groups excluding carboxylic acids is 1. The molecule has 0 saturated heterocycles. The van der Waals surface area contributed by atoms with E-state index in [1.165, 1.54) is 25.3 Å². The minimum absolute atomic E-state index is 0.00341. The van der Waals surface area contributed by atoms with E-state index in [2.05, 4.69) is 0 Å². The fourth-order valence-electron chi connectivity index (χ4n) is 1.69. The highest BCUT2D eigenvalue weighted by molar-refractivity contribution is 5.91. The maximum Gasteiger partial charge on any atom is 0.373 e. The fourth-order valence-corrected chi connectivity index (χ4v) is 1.69. The van der Waals surface area contributed by atoms with E-state index in [-0.39, 0.29) is 29.9 Å². The lowest BCUT2D eigenvalue weighted by Gasteiger charge is -2.12. The van der Waals surface area contributed by atoms with Crippen molar-refractivity contribution in [1.82, 2.24) is 0 Å². The number of nitro groups is 1. The minimum atomic E-state index is -0.616. The zero-order valence-electron chi connectivity index (χ0n) is 13.0. The Morgan fingerprint density at radius 2 is 2.09 bits per heavy atom. The number of hydrogen-bond acceptors (Lipinski definition) is 6. The van der Waals surface area contributed by atoms with Gasteiger partial charge in [-0.2, -0.15) is 0 Å². The maximum atomic E-state index is 11.9. The van der Waals surface area contributed by atoms with Crippen LogP contribution in [0.1, 0.15) is 26.3 Å². The molecule has 0 amide bonds. The van der Waals surface area contributed by atoms with Crippen molar-refractivity contribution in [2.24, 2.45) is 0 Å². The molecule has 0 bridgehead atoms. The second-order valence-electron chi connectivity index (χ2n) is 4.58. The molecule has 1 rings (SSSR count). The largest absolute Gasteiger partial charge is 0.490 e. The van der Waals surface area contributed by atoms with Crippen molar-refractivity contribution in [3.8, 4) is 5.75 Å². The van der Waals surface area contributed by atoms with Crippen LogP contribution in [0, 0.1) is 10.1 Å². The molecule has 0 spiro atoms. The molecule has 0 fully saturated rings. The summed E-state index contributed by atoms with van der Waals surface area (Å²) in [6.45, 7) is 5.43. The summed E-state index contributed by atoms with van der Waals surface area (Å²) in [6.07, 6.45) is 1.17. The van der Waals surface area contributed by atoms with Gasteiger partial charge in [0.2, 0.25) is 5.76 Å². The fraction of sp³-hybridized carbons (Fsp3) is 0.400. The van der Waals surface area contributed by atoms with E-state index in [1.54, 1.807) is 26.8 Å². The Bertz CT molecular complexity index is 579. The van der Waals surface area contributed by atoms with Gasteiger partial charge in [0.05, 0.1) is 24.7 Å². The first-order chi connectivity index (χ1) is 10.4. The second kappa shape index (κ2) is 8.02. The van der Waals surface area contributed by atoms with Gasteiger partial charge in [-0.25, -0.2) is 4.79 Å². The number of carbonyl (C=O) groups is 1. The maximum absolute atomic E-state index is 11.9. The van der Waals surface area contributed by atoms with E-state index in [4.69, 9.17) is 14.2 Å². The lowest BCUT2D eigenvalue weighted by atomic mass is 10.1. The van der Waals surface area contributed by atoms with Crippen LogP contribution >= 0.6 is 0 Å². The number of esters is 1. The van der Waals surface area contributed by atoms with Crippen LogP contribution in [0.4, 0.5) is 5.69 Å². The molecule has 0 aliphatic carbocycles. The summed E-state index contributed by atoms with van der Waals surface area (Å²) in [7, 11) is 1.35. The highest BCUT2D eigenvalue weighted by Gasteiger charge is 2.18. The van der Waals surface area contributed by atoms with E-state index in [9.17, 15) is 14.9 Å². The Hall–Kier alpha value is -2.57. The van der Waals surface area contributed by atoms with Gasteiger partial charge >= 0.3 is 11.7 Å². The number of hydrogen-bond donors (Lipinski definition) is 0. The molecule has 7 nitrogen and oxygen atoms in total. The van der Waals surface area contributed by atoms with Crippen LogP contribution in [0.5, 0.6) is 5.75 Å². The molecule has 120 valence electrons. The molecular formula is C15H19NO6. The molecule has 0 saturated carbocycles. The summed E-state index contributed by atoms with van der Waals surface area (Å²) in [5.74, 6) is -0.476. The average molecular weight is 309 g/mol. The van der Waals surface area contributed by atoms with Gasteiger partial charge in [-0.05, 0) is 38.5 Å². The summed E-state index contributed by atoms with van der Waals surface area (Å²) in [5.41, 5.74) is 0.250. The van der Waals surface area contributed by atoms with E-state index in [0.29, 0.717) is 5.56 Å². The summed E-state index contributed by atoms with van der Waals surface area (Å²) in [5, 5.41) is 11.0. The molecular weight excluding hydrogens is 290 g/mol. The minimum Gasteiger partial charge on any atom is -0.490 e. The first-order valence-corrected chi connectivity index (χ1v) is 6.77. The lowest BCUT2D eigenvalue weighted by molar-refractivity contribution is -0.385. The quantitative estimate of drug-likeness (QED) is 0.253. The van der Waals surface area contributed by atoms with Crippen LogP contribution < -0.4 is 4.74 Å². The van der Waals surface area contributed by atoms with Crippen LogP contribution in [0.3, 0.4) is 0 Å². The molecule has 0 aliphatic heterocycles. The Labute approximate surface area is 128 Å². The van der Waals surface area contributed by atoms with Crippen molar-refractivity contribution in [2.45, 2.75) is 26.9 Å². The number of rotatable bonds is 7. The monoisotopic (exact) mass is 309 g/mol. The topological polar surface area (TPSA) is 87.9 Å². The summed E-state index contributed by atoms with van der Waals surface area (Å²) < 4.78 is 15.3. The van der Waals surface area contributed by atoms with Crippen LogP contribution in [0.15, 0.2) is 24.0 Å². The van der Waals surface area contributed by atoms with Crippen molar-refractivity contribution >= 4 is 17.7 Å². The number of methoxy groups -OCH3 is 1. The van der Waals surface area contributed by atoms with Crippen molar-refractivity contribution in [1.29, 1.82) is 0 Å². The summed E-state index contributed by atoms with van der Waals surface area (Å²) in [4.78, 5) is 22.3. The SMILES string of the molecule is CCOC(=O)C(=Cc1ccc(OC)c([N+](=O)[O-])c1)OC(C)C. The van der Waals surface area contributed by atoms with Crippen LogP contribution in [0.2, 0.25) is 0 Å². The molecule has 1 aromatic carbocycles. The van der Waals surface area contributed by atoms with Gasteiger partial charge in [-0.15, -0.1) is 0 Å². The molecule has 0 unspecified atom stereocenters. The lowest BCUT2D eigenvalue weighted by Crippen LogP contribution is -2.14. The third-order valence-electron chi connectivity index (χ3n) is 2.54. The molecule has 22 heavy (non-hydrogen) atoms. The predicted molar refractivity (Wildman–Crippen MR) is 80.5 cm³/mol. The molecule has 0 radical (unpaired) electrons. The van der Waals surface area contributed by atoms with Gasteiger partial charge in [0.15, 0.2) is 5.75 Å². The third-order valence-corrected chi connectivity index (χ3v) is 2.54. The first kappa shape index (κ1) is 17.5. The predicted octanol–water partition coefficient (Wildman–Crippen LogP) is 2.93. The van der Waals surface area contributed by atoms with E-state index >= 15 is 0 Å². The van der Waals surface area contributed by atoms with Crippen LogP contribution in [0.25, 0.3) is 6.08 Å². The van der Waals surface area contributed by atoms with Crippen LogP contribution in [-0.4, -0.2) is 30.7 Å². The molecule has 0 aromatic heterocycles. The number of ether oxygens (including phenoxy) is 3. The van der Waals surface area contributed by atoms with Gasteiger partial charge in [0, 0.05) is 6.07 Å². The van der Waals surface area contributed by atoms with Gasteiger partial charge in [0.1, 0.15) is 0 Å². The van der Waals surface area contributed by atoms with E-state index in [1.807, 2.05) is 0 Å². The Morgan fingerprint density at radius 1 is 1.41 bits per heavy atom. The number of nitro benzene ring substituents is 1. The number of nitrogens with zero attached hydrogens (tertiary/aromatic N) is 1. The average Bonchev–Trinajstić information content (AvgIpc) is 2.46. The molecule has 1 aromatic rings. The van der Waals surface area contributed by atoms with Gasteiger partial charge in [-0.3, -0.25) is 10.1 Å². The summed E-state index contributed by atoms with van der Waals surface area (Å²) >= 11 is 0.